The lowest BCUT2D eigenvalue weighted by Crippen LogP contribution is -3.08. The van der Waals surface area contributed by atoms with E-state index in [2.05, 4.69) is 5.32 Å². The highest BCUT2D eigenvalue weighted by Crippen LogP contribution is 2.30. The van der Waals surface area contributed by atoms with Gasteiger partial charge in [-0.3, -0.25) is 9.59 Å². The van der Waals surface area contributed by atoms with Crippen LogP contribution in [0.15, 0.2) is 29.6 Å². The minimum atomic E-state index is -0.557. The van der Waals surface area contributed by atoms with Crippen LogP contribution >= 0.6 is 11.3 Å². The van der Waals surface area contributed by atoms with Gasteiger partial charge >= 0.3 is 0 Å². The molecule has 2 rings (SSSR count). The summed E-state index contributed by atoms with van der Waals surface area (Å²) in [5, 5.41) is 4.93. The highest BCUT2D eigenvalue weighted by Gasteiger charge is 2.18. The first kappa shape index (κ1) is 18.8. The molecule has 0 fully saturated rings. The van der Waals surface area contributed by atoms with Gasteiger partial charge in [0.05, 0.1) is 32.4 Å². The zero-order chi connectivity index (χ0) is 18.4. The van der Waals surface area contributed by atoms with Crippen molar-refractivity contribution in [2.24, 2.45) is 5.73 Å². The molecule has 1 heterocycles. The quantitative estimate of drug-likeness (QED) is 0.636. The van der Waals surface area contributed by atoms with Crippen LogP contribution in [0.1, 0.15) is 15.9 Å². The molecule has 0 saturated carbocycles. The van der Waals surface area contributed by atoms with E-state index in [0.717, 1.165) is 10.5 Å². The lowest BCUT2D eigenvalue weighted by molar-refractivity contribution is -0.885. The number of hydrogen-bond acceptors (Lipinski definition) is 5. The van der Waals surface area contributed by atoms with E-state index in [1.807, 2.05) is 25.2 Å². The minimum absolute atomic E-state index is 0.190. The number of carbonyl (C=O) groups is 2. The van der Waals surface area contributed by atoms with E-state index in [0.29, 0.717) is 28.6 Å². The van der Waals surface area contributed by atoms with Gasteiger partial charge in [0.1, 0.15) is 11.5 Å². The molecule has 0 saturated heterocycles. The Labute approximate surface area is 150 Å². The lowest BCUT2D eigenvalue weighted by atomic mass is 10.1. The number of hydrogen-bond donors (Lipinski definition) is 3. The monoisotopic (exact) mass is 364 g/mol. The third-order valence-corrected chi connectivity index (χ3v) is 4.45. The molecule has 0 radical (unpaired) electrons. The van der Waals surface area contributed by atoms with Crippen molar-refractivity contribution in [2.45, 2.75) is 6.54 Å². The Balaban J connectivity index is 2.00. The molecule has 2 amide bonds. The third kappa shape index (κ3) is 4.71. The number of methoxy groups -OCH3 is 2. The van der Waals surface area contributed by atoms with Gasteiger partial charge in [-0.2, -0.15) is 0 Å². The molecule has 1 aromatic heterocycles. The first-order valence-corrected chi connectivity index (χ1v) is 8.52. The number of rotatable bonds is 8. The maximum Gasteiger partial charge on any atom is 0.280 e. The highest BCUT2D eigenvalue weighted by atomic mass is 32.1. The molecular formula is C17H22N3O4S+. The molecule has 2 aromatic rings. The molecular weight excluding hydrogens is 342 g/mol. The fraction of sp³-hybridized carbons (Fsp3) is 0.294. The zero-order valence-electron chi connectivity index (χ0n) is 14.4. The smallest absolute Gasteiger partial charge is 0.280 e. The lowest BCUT2D eigenvalue weighted by Gasteiger charge is -2.17. The van der Waals surface area contributed by atoms with Crippen LogP contribution in [-0.2, 0) is 11.3 Å². The molecule has 25 heavy (non-hydrogen) atoms. The molecule has 0 aliphatic carbocycles. The van der Waals surface area contributed by atoms with Crippen LogP contribution < -0.4 is 25.4 Å². The van der Waals surface area contributed by atoms with Crippen LogP contribution in [0.2, 0.25) is 0 Å². The molecule has 8 heteroatoms. The van der Waals surface area contributed by atoms with Crippen LogP contribution in [0.25, 0.3) is 0 Å². The number of para-hydroxylation sites is 1. The number of carbonyl (C=O) groups excluding carboxylic acids is 2. The summed E-state index contributed by atoms with van der Waals surface area (Å²) in [6.07, 6.45) is 0. The summed E-state index contributed by atoms with van der Waals surface area (Å²) in [6.45, 7) is 0.817. The van der Waals surface area contributed by atoms with E-state index in [1.165, 1.54) is 11.3 Å². The molecule has 1 unspecified atom stereocenters. The number of primary amides is 1. The second kappa shape index (κ2) is 8.50. The Kier molecular flexibility index (Phi) is 6.37. The van der Waals surface area contributed by atoms with Crippen molar-refractivity contribution in [1.29, 1.82) is 0 Å². The molecule has 4 N–H and O–H groups in total. The second-order valence-corrected chi connectivity index (χ2v) is 6.46. The standard InChI is InChI=1S/C17H21N3O4S/c1-20(9-11-5-4-6-13(23-2)15(11)24-3)10-14(21)19-17-12(16(18)22)7-8-25-17/h4-8H,9-10H2,1-3H3,(H2,18,22)(H,19,21)/p+1. The van der Waals surface area contributed by atoms with Gasteiger partial charge in [-0.05, 0) is 23.6 Å². The number of likely N-dealkylation sites (N-methyl/N-ethyl adjacent to an activating group) is 1. The summed E-state index contributed by atoms with van der Waals surface area (Å²) in [7, 11) is 5.08. The summed E-state index contributed by atoms with van der Waals surface area (Å²) < 4.78 is 10.7. The molecule has 0 aliphatic rings. The number of ether oxygens (including phenoxy) is 2. The van der Waals surface area contributed by atoms with Crippen LogP contribution in [-0.4, -0.2) is 39.6 Å². The van der Waals surface area contributed by atoms with Gasteiger partial charge in [0.15, 0.2) is 18.0 Å². The topological polar surface area (TPSA) is 95.1 Å². The van der Waals surface area contributed by atoms with Crippen molar-refractivity contribution in [3.05, 3.63) is 40.8 Å². The Morgan fingerprint density at radius 1 is 1.24 bits per heavy atom. The maximum absolute atomic E-state index is 12.2. The fourth-order valence-corrected chi connectivity index (χ4v) is 3.33. The van der Waals surface area contributed by atoms with Crippen molar-refractivity contribution in [3.63, 3.8) is 0 Å². The van der Waals surface area contributed by atoms with Crippen LogP contribution in [0.3, 0.4) is 0 Å². The zero-order valence-corrected chi connectivity index (χ0v) is 15.2. The Morgan fingerprint density at radius 3 is 2.64 bits per heavy atom. The maximum atomic E-state index is 12.2. The van der Waals surface area contributed by atoms with E-state index in [4.69, 9.17) is 15.2 Å². The van der Waals surface area contributed by atoms with Crippen LogP contribution in [0, 0.1) is 0 Å². The normalized spacial score (nSPS) is 11.6. The predicted molar refractivity (Wildman–Crippen MR) is 96.5 cm³/mol. The molecule has 7 nitrogen and oxygen atoms in total. The van der Waals surface area contributed by atoms with E-state index in [9.17, 15) is 9.59 Å². The number of quaternary nitrogens is 1. The Bertz CT molecular complexity index is 760. The highest BCUT2D eigenvalue weighted by molar-refractivity contribution is 7.14. The first-order valence-electron chi connectivity index (χ1n) is 7.64. The number of anilines is 1. The molecule has 1 aromatic carbocycles. The van der Waals surface area contributed by atoms with Gasteiger partial charge in [-0.15, -0.1) is 11.3 Å². The first-order chi connectivity index (χ1) is 12.0. The number of thiophene rings is 1. The average Bonchev–Trinajstić information content (AvgIpc) is 3.02. The average molecular weight is 364 g/mol. The number of nitrogens with two attached hydrogens (primary N) is 1. The SMILES string of the molecule is COc1cccc(C[NH+](C)CC(=O)Nc2sccc2C(N)=O)c1OC. The fourth-order valence-electron chi connectivity index (χ4n) is 2.53. The molecule has 1 atom stereocenters. The van der Waals surface area contributed by atoms with Crippen LogP contribution in [0.4, 0.5) is 5.00 Å². The van der Waals surface area contributed by atoms with E-state index < -0.39 is 5.91 Å². The van der Waals surface area contributed by atoms with E-state index in [-0.39, 0.29) is 12.5 Å². The minimum Gasteiger partial charge on any atom is -0.493 e. The summed E-state index contributed by atoms with van der Waals surface area (Å²) in [5.74, 6) is 0.573. The van der Waals surface area contributed by atoms with Gasteiger partial charge in [-0.25, -0.2) is 0 Å². The Hall–Kier alpha value is -2.58. The largest absolute Gasteiger partial charge is 0.493 e. The number of amides is 2. The number of benzene rings is 1. The van der Waals surface area contributed by atoms with Crippen molar-refractivity contribution < 1.29 is 24.0 Å². The van der Waals surface area contributed by atoms with Crippen molar-refractivity contribution in [2.75, 3.05) is 33.1 Å². The van der Waals surface area contributed by atoms with Crippen LogP contribution in [0.5, 0.6) is 11.5 Å². The number of nitrogens with one attached hydrogen (secondary N) is 2. The molecule has 0 spiro atoms. The Morgan fingerprint density at radius 2 is 2.00 bits per heavy atom. The van der Waals surface area contributed by atoms with Gasteiger partial charge in [0, 0.05) is 0 Å². The van der Waals surface area contributed by atoms with Gasteiger partial charge in [-0.1, -0.05) is 6.07 Å². The van der Waals surface area contributed by atoms with Gasteiger partial charge in [0.2, 0.25) is 0 Å². The second-order valence-electron chi connectivity index (χ2n) is 5.54. The third-order valence-electron chi connectivity index (χ3n) is 3.62. The van der Waals surface area contributed by atoms with E-state index in [1.54, 1.807) is 25.7 Å². The molecule has 0 bridgehead atoms. The van der Waals surface area contributed by atoms with Gasteiger partial charge in [0.25, 0.3) is 11.8 Å². The van der Waals surface area contributed by atoms with Gasteiger partial charge < -0.3 is 25.4 Å². The van der Waals surface area contributed by atoms with Crippen molar-refractivity contribution in [3.8, 4) is 11.5 Å². The summed E-state index contributed by atoms with van der Waals surface area (Å²) in [5.41, 5.74) is 6.55. The van der Waals surface area contributed by atoms with E-state index >= 15 is 0 Å². The summed E-state index contributed by atoms with van der Waals surface area (Å²) in [6, 6.07) is 7.24. The van der Waals surface area contributed by atoms with Crippen molar-refractivity contribution in [1.82, 2.24) is 0 Å². The summed E-state index contributed by atoms with van der Waals surface area (Å²) >= 11 is 1.27. The van der Waals surface area contributed by atoms with Crippen molar-refractivity contribution >= 4 is 28.2 Å². The molecule has 0 aliphatic heterocycles. The summed E-state index contributed by atoms with van der Waals surface area (Å²) in [4.78, 5) is 24.5. The predicted octanol–water partition coefficient (Wildman–Crippen LogP) is 0.518. The molecule has 134 valence electrons.